The molecule has 1 aliphatic rings. The molecule has 0 radical (unpaired) electrons. The lowest BCUT2D eigenvalue weighted by molar-refractivity contribution is -0.140. The van der Waals surface area contributed by atoms with E-state index in [9.17, 15) is 19.5 Å². The zero-order valence-corrected chi connectivity index (χ0v) is 13.0. The average Bonchev–Trinajstić information content (AvgIpc) is 2.69. The first-order valence-corrected chi connectivity index (χ1v) is 7.40. The van der Waals surface area contributed by atoms with E-state index in [4.69, 9.17) is 0 Å². The van der Waals surface area contributed by atoms with Gasteiger partial charge in [-0.15, -0.1) is 0 Å². The van der Waals surface area contributed by atoms with Gasteiger partial charge in [0.15, 0.2) is 0 Å². The molecule has 1 rings (SSSR count). The van der Waals surface area contributed by atoms with E-state index in [0.717, 1.165) is 0 Å². The summed E-state index contributed by atoms with van der Waals surface area (Å²) in [6.45, 7) is 7.29. The summed E-state index contributed by atoms with van der Waals surface area (Å²) in [6, 6.07) is -1.25. The van der Waals surface area contributed by atoms with E-state index >= 15 is 0 Å². The Morgan fingerprint density at radius 3 is 2.24 bits per heavy atom. The molecule has 0 bridgehead atoms. The molecule has 0 saturated carbocycles. The van der Waals surface area contributed by atoms with Crippen LogP contribution >= 0.6 is 0 Å². The zero-order chi connectivity index (χ0) is 16.0. The van der Waals surface area contributed by atoms with Crippen LogP contribution in [0.2, 0.25) is 0 Å². The van der Waals surface area contributed by atoms with Crippen molar-refractivity contribution in [3.05, 3.63) is 0 Å². The van der Waals surface area contributed by atoms with Gasteiger partial charge in [-0.25, -0.2) is 9.59 Å². The van der Waals surface area contributed by atoms with Gasteiger partial charge in [0.2, 0.25) is 5.91 Å². The summed E-state index contributed by atoms with van der Waals surface area (Å²) in [5.74, 6) is -1.15. The van der Waals surface area contributed by atoms with E-state index in [1.54, 1.807) is 16.7 Å². The first kappa shape index (κ1) is 17.3. The molecule has 0 aromatic carbocycles. The zero-order valence-electron chi connectivity index (χ0n) is 13.0. The number of urea groups is 1. The van der Waals surface area contributed by atoms with Crippen LogP contribution in [0.4, 0.5) is 4.79 Å². The average molecular weight is 299 g/mol. The van der Waals surface area contributed by atoms with Crippen molar-refractivity contribution in [1.82, 2.24) is 15.1 Å². The van der Waals surface area contributed by atoms with Crippen LogP contribution in [0.1, 0.15) is 33.6 Å². The van der Waals surface area contributed by atoms with Crippen LogP contribution < -0.4 is 5.32 Å². The van der Waals surface area contributed by atoms with Crippen molar-refractivity contribution in [3.63, 3.8) is 0 Å². The number of carboxylic acid groups (broad SMARTS) is 1. The van der Waals surface area contributed by atoms with E-state index in [1.807, 2.05) is 6.92 Å². The van der Waals surface area contributed by atoms with Crippen molar-refractivity contribution in [2.45, 2.75) is 39.7 Å². The predicted molar refractivity (Wildman–Crippen MR) is 77.9 cm³/mol. The van der Waals surface area contributed by atoms with Gasteiger partial charge >= 0.3 is 12.0 Å². The minimum atomic E-state index is -1.02. The van der Waals surface area contributed by atoms with Gasteiger partial charge in [0.1, 0.15) is 6.04 Å². The fourth-order valence-electron chi connectivity index (χ4n) is 2.34. The first-order chi connectivity index (χ1) is 9.86. The maximum Gasteiger partial charge on any atom is 0.326 e. The van der Waals surface area contributed by atoms with Gasteiger partial charge in [0, 0.05) is 33.1 Å². The van der Waals surface area contributed by atoms with Crippen LogP contribution in [-0.2, 0) is 9.59 Å². The standard InChI is InChI=1S/C14H25N3O4/c1-4-10(2)12(13(19)20)15-14(21)17-7-5-6-16(8-9-17)11(3)18/h10,12H,4-9H2,1-3H3,(H,15,21)(H,19,20)/t10?,12-/m0/s1. The van der Waals surface area contributed by atoms with Crippen molar-refractivity contribution in [1.29, 1.82) is 0 Å². The number of nitrogens with zero attached hydrogens (tertiary/aromatic N) is 2. The van der Waals surface area contributed by atoms with Crippen molar-refractivity contribution >= 4 is 17.9 Å². The Morgan fingerprint density at radius 2 is 1.71 bits per heavy atom. The molecule has 7 nitrogen and oxygen atoms in total. The van der Waals surface area contributed by atoms with Gasteiger partial charge in [-0.3, -0.25) is 4.79 Å². The van der Waals surface area contributed by atoms with Gasteiger partial charge in [0.05, 0.1) is 0 Å². The van der Waals surface area contributed by atoms with Gasteiger partial charge in [-0.2, -0.15) is 0 Å². The fraction of sp³-hybridized carbons (Fsp3) is 0.786. The third-order valence-electron chi connectivity index (χ3n) is 3.99. The summed E-state index contributed by atoms with van der Waals surface area (Å²) in [5.41, 5.74) is 0. The first-order valence-electron chi connectivity index (χ1n) is 7.40. The fourth-order valence-corrected chi connectivity index (χ4v) is 2.34. The molecule has 0 aliphatic carbocycles. The van der Waals surface area contributed by atoms with Crippen molar-refractivity contribution in [2.75, 3.05) is 26.2 Å². The second-order valence-corrected chi connectivity index (χ2v) is 5.50. The van der Waals surface area contributed by atoms with Gasteiger partial charge in [-0.05, 0) is 12.3 Å². The Balaban J connectivity index is 2.62. The normalized spacial score (nSPS) is 18.6. The van der Waals surface area contributed by atoms with E-state index in [-0.39, 0.29) is 17.9 Å². The third kappa shape index (κ3) is 4.91. The van der Waals surface area contributed by atoms with Crippen LogP contribution in [0.5, 0.6) is 0 Å². The monoisotopic (exact) mass is 299 g/mol. The summed E-state index contributed by atoms with van der Waals surface area (Å²) >= 11 is 0. The molecule has 1 saturated heterocycles. The summed E-state index contributed by atoms with van der Waals surface area (Å²) in [7, 11) is 0. The lowest BCUT2D eigenvalue weighted by Gasteiger charge is -2.26. The third-order valence-corrected chi connectivity index (χ3v) is 3.99. The topological polar surface area (TPSA) is 90.0 Å². The molecule has 0 spiro atoms. The number of hydrogen-bond acceptors (Lipinski definition) is 3. The molecule has 3 amide bonds. The highest BCUT2D eigenvalue weighted by Crippen LogP contribution is 2.10. The van der Waals surface area contributed by atoms with E-state index in [0.29, 0.717) is 39.0 Å². The Morgan fingerprint density at radius 1 is 1.14 bits per heavy atom. The number of nitrogens with one attached hydrogen (secondary N) is 1. The molecule has 0 aromatic heterocycles. The summed E-state index contributed by atoms with van der Waals surface area (Å²) < 4.78 is 0. The molecule has 1 heterocycles. The maximum absolute atomic E-state index is 12.2. The van der Waals surface area contributed by atoms with Crippen molar-refractivity contribution in [2.24, 2.45) is 5.92 Å². The number of hydrogen-bond donors (Lipinski definition) is 2. The van der Waals surface area contributed by atoms with Gasteiger partial charge in [0.25, 0.3) is 0 Å². The van der Waals surface area contributed by atoms with Crippen LogP contribution in [0, 0.1) is 5.92 Å². The molecule has 1 fully saturated rings. The molecule has 1 aliphatic heterocycles. The van der Waals surface area contributed by atoms with Gasteiger partial charge in [-0.1, -0.05) is 20.3 Å². The lowest BCUT2D eigenvalue weighted by Crippen LogP contribution is -2.51. The summed E-state index contributed by atoms with van der Waals surface area (Å²) in [6.07, 6.45) is 1.38. The molecule has 1 unspecified atom stereocenters. The van der Waals surface area contributed by atoms with Crippen LogP contribution in [0.3, 0.4) is 0 Å². The van der Waals surface area contributed by atoms with Crippen LogP contribution in [-0.4, -0.2) is 65.0 Å². The van der Waals surface area contributed by atoms with Crippen LogP contribution in [0.25, 0.3) is 0 Å². The Bertz CT molecular complexity index is 400. The number of amides is 3. The molecule has 21 heavy (non-hydrogen) atoms. The Hall–Kier alpha value is -1.79. The minimum Gasteiger partial charge on any atom is -0.480 e. The van der Waals surface area contributed by atoms with Crippen molar-refractivity contribution in [3.8, 4) is 0 Å². The largest absolute Gasteiger partial charge is 0.480 e. The van der Waals surface area contributed by atoms with E-state index < -0.39 is 12.0 Å². The number of carbonyl (C=O) groups excluding carboxylic acids is 2. The van der Waals surface area contributed by atoms with Crippen LogP contribution in [0.15, 0.2) is 0 Å². The van der Waals surface area contributed by atoms with Crippen molar-refractivity contribution < 1.29 is 19.5 Å². The highest BCUT2D eigenvalue weighted by Gasteiger charge is 2.28. The maximum atomic E-state index is 12.2. The number of rotatable bonds is 4. The van der Waals surface area contributed by atoms with E-state index in [1.165, 1.54) is 6.92 Å². The lowest BCUT2D eigenvalue weighted by atomic mass is 9.99. The highest BCUT2D eigenvalue weighted by atomic mass is 16.4. The molecule has 2 atom stereocenters. The van der Waals surface area contributed by atoms with E-state index in [2.05, 4.69) is 5.32 Å². The molecular weight excluding hydrogens is 274 g/mol. The number of carbonyl (C=O) groups is 3. The molecule has 7 heteroatoms. The predicted octanol–water partition coefficient (Wildman–Crippen LogP) is 0.750. The number of carboxylic acids is 1. The Labute approximate surface area is 125 Å². The quantitative estimate of drug-likeness (QED) is 0.801. The van der Waals surface area contributed by atoms with Gasteiger partial charge < -0.3 is 20.2 Å². The minimum absolute atomic E-state index is 0.000255. The SMILES string of the molecule is CCC(C)[C@H](NC(=O)N1CCCN(C(C)=O)CC1)C(=O)O. The second kappa shape index (κ2) is 7.85. The summed E-state index contributed by atoms with van der Waals surface area (Å²) in [5, 5.41) is 11.8. The second-order valence-electron chi connectivity index (χ2n) is 5.50. The Kier molecular flexibility index (Phi) is 6.45. The highest BCUT2D eigenvalue weighted by molar-refractivity contribution is 5.83. The number of aliphatic carboxylic acids is 1. The summed E-state index contributed by atoms with van der Waals surface area (Å²) in [4.78, 5) is 38.1. The molecule has 0 aromatic rings. The molecule has 2 N–H and O–H groups in total. The molecular formula is C14H25N3O4. The molecule has 120 valence electrons. The smallest absolute Gasteiger partial charge is 0.326 e.